The summed E-state index contributed by atoms with van der Waals surface area (Å²) in [5, 5.41) is 8.86. The lowest BCUT2D eigenvalue weighted by Crippen LogP contribution is -1.99. The molecule has 0 saturated heterocycles. The third-order valence-corrected chi connectivity index (χ3v) is 3.98. The predicted octanol–water partition coefficient (Wildman–Crippen LogP) is 5.68. The molecule has 4 heteroatoms. The molecule has 19 heavy (non-hydrogen) atoms. The second-order valence-electron chi connectivity index (χ2n) is 4.97. The first-order valence-corrected chi connectivity index (χ1v) is 8.15. The Balaban J connectivity index is 2.40. The van der Waals surface area contributed by atoms with Gasteiger partial charge in [-0.2, -0.15) is 5.26 Å². The molecule has 0 aliphatic heterocycles. The average Bonchev–Trinajstić information content (AvgIpc) is 2.35. The van der Waals surface area contributed by atoms with Gasteiger partial charge in [-0.25, -0.2) is 0 Å². The van der Waals surface area contributed by atoms with E-state index in [2.05, 4.69) is 51.8 Å². The van der Waals surface area contributed by atoms with Crippen LogP contribution in [0.25, 0.3) is 0 Å². The third-order valence-electron chi connectivity index (χ3n) is 2.80. The number of nitriles is 1. The van der Waals surface area contributed by atoms with E-state index in [0.29, 0.717) is 12.2 Å². The summed E-state index contributed by atoms with van der Waals surface area (Å²) in [7, 11) is 0. The zero-order valence-electron chi connectivity index (χ0n) is 11.4. The van der Waals surface area contributed by atoms with Crippen LogP contribution in [0.5, 0.6) is 5.75 Å². The van der Waals surface area contributed by atoms with E-state index >= 15 is 0 Å². The van der Waals surface area contributed by atoms with Gasteiger partial charge in [0.1, 0.15) is 5.75 Å². The highest BCUT2D eigenvalue weighted by atomic mass is 79.9. The summed E-state index contributed by atoms with van der Waals surface area (Å²) in [6.07, 6.45) is 4.80. The smallest absolute Gasteiger partial charge is 0.147 e. The van der Waals surface area contributed by atoms with Crippen LogP contribution < -0.4 is 4.74 Å². The molecule has 0 bridgehead atoms. The summed E-state index contributed by atoms with van der Waals surface area (Å²) in [6, 6.07) is 5.67. The third kappa shape index (κ3) is 5.97. The minimum absolute atomic E-state index is 0.614. The molecule has 0 saturated carbocycles. The Kier molecular flexibility index (Phi) is 7.48. The number of ether oxygens (including phenoxy) is 1. The Hall–Kier alpha value is -0.530. The largest absolute Gasteiger partial charge is 0.491 e. The minimum atomic E-state index is 0.614. The highest BCUT2D eigenvalue weighted by Crippen LogP contribution is 2.34. The van der Waals surface area contributed by atoms with Crippen molar-refractivity contribution in [1.82, 2.24) is 0 Å². The lowest BCUT2D eigenvalue weighted by molar-refractivity contribution is 0.299. The van der Waals surface area contributed by atoms with Crippen molar-refractivity contribution in [2.75, 3.05) is 6.61 Å². The van der Waals surface area contributed by atoms with E-state index in [1.54, 1.807) is 12.1 Å². The van der Waals surface area contributed by atoms with E-state index in [1.807, 2.05) is 0 Å². The van der Waals surface area contributed by atoms with Gasteiger partial charge < -0.3 is 4.74 Å². The molecule has 0 aliphatic carbocycles. The number of hydrogen-bond donors (Lipinski definition) is 0. The zero-order valence-corrected chi connectivity index (χ0v) is 14.6. The average molecular weight is 389 g/mol. The molecule has 1 aromatic rings. The maximum atomic E-state index is 8.86. The lowest BCUT2D eigenvalue weighted by Gasteiger charge is -2.11. The van der Waals surface area contributed by atoms with Gasteiger partial charge in [0, 0.05) is 0 Å². The molecule has 0 N–H and O–H groups in total. The topological polar surface area (TPSA) is 33.0 Å². The number of hydrogen-bond acceptors (Lipinski definition) is 2. The van der Waals surface area contributed by atoms with Crippen LogP contribution in [0.2, 0.25) is 0 Å². The van der Waals surface area contributed by atoms with Crippen molar-refractivity contribution < 1.29 is 4.74 Å². The fourth-order valence-electron chi connectivity index (χ4n) is 1.77. The highest BCUT2D eigenvalue weighted by Gasteiger charge is 2.08. The van der Waals surface area contributed by atoms with Gasteiger partial charge in [-0.15, -0.1) is 0 Å². The zero-order chi connectivity index (χ0) is 14.3. The fraction of sp³-hybridized carbons (Fsp3) is 0.533. The Morgan fingerprint density at radius 1 is 1.16 bits per heavy atom. The van der Waals surface area contributed by atoms with Crippen LogP contribution in [-0.2, 0) is 0 Å². The summed E-state index contributed by atoms with van der Waals surface area (Å²) in [4.78, 5) is 0. The van der Waals surface area contributed by atoms with Gasteiger partial charge in [-0.3, -0.25) is 0 Å². The van der Waals surface area contributed by atoms with Gasteiger partial charge in [0.25, 0.3) is 0 Å². The van der Waals surface area contributed by atoms with Gasteiger partial charge in [-0.05, 0) is 56.3 Å². The fourth-order valence-corrected chi connectivity index (χ4v) is 3.18. The number of nitrogens with zero attached hydrogens (tertiary/aromatic N) is 1. The Morgan fingerprint density at radius 2 is 1.79 bits per heavy atom. The van der Waals surface area contributed by atoms with E-state index in [-0.39, 0.29) is 0 Å². The van der Waals surface area contributed by atoms with E-state index < -0.39 is 0 Å². The summed E-state index contributed by atoms with van der Waals surface area (Å²) in [6.45, 7) is 5.21. The minimum Gasteiger partial charge on any atom is -0.491 e. The Morgan fingerprint density at radius 3 is 2.32 bits per heavy atom. The molecule has 0 aliphatic rings. The van der Waals surface area contributed by atoms with Crippen LogP contribution in [0.4, 0.5) is 0 Å². The molecule has 0 aromatic heterocycles. The molecule has 1 rings (SSSR count). The molecule has 0 fully saturated rings. The van der Waals surface area contributed by atoms with Crippen LogP contribution in [0.1, 0.15) is 45.1 Å². The van der Waals surface area contributed by atoms with Crippen LogP contribution in [0.15, 0.2) is 21.1 Å². The number of rotatable bonds is 7. The molecule has 0 atom stereocenters. The van der Waals surface area contributed by atoms with Crippen molar-refractivity contribution in [3.8, 4) is 11.8 Å². The van der Waals surface area contributed by atoms with Crippen LogP contribution in [-0.4, -0.2) is 6.61 Å². The predicted molar refractivity (Wildman–Crippen MR) is 85.4 cm³/mol. The van der Waals surface area contributed by atoms with Crippen molar-refractivity contribution in [2.45, 2.75) is 39.5 Å². The van der Waals surface area contributed by atoms with Crippen molar-refractivity contribution in [2.24, 2.45) is 5.92 Å². The summed E-state index contributed by atoms with van der Waals surface area (Å²) < 4.78 is 7.41. The van der Waals surface area contributed by atoms with Crippen LogP contribution in [0, 0.1) is 17.2 Å². The monoisotopic (exact) mass is 387 g/mol. The number of halogens is 2. The summed E-state index contributed by atoms with van der Waals surface area (Å²) in [5.74, 6) is 1.56. The van der Waals surface area contributed by atoms with E-state index in [4.69, 9.17) is 10.00 Å². The van der Waals surface area contributed by atoms with Gasteiger partial charge in [-0.1, -0.05) is 33.1 Å². The lowest BCUT2D eigenvalue weighted by atomic mass is 10.1. The van der Waals surface area contributed by atoms with E-state index in [9.17, 15) is 0 Å². The SMILES string of the molecule is CC(C)CCCCCOc1c(Br)cc(C#N)cc1Br. The molecule has 0 amide bonds. The maximum Gasteiger partial charge on any atom is 0.147 e. The molecular formula is C15H19Br2NO. The highest BCUT2D eigenvalue weighted by molar-refractivity contribution is 9.11. The first-order chi connectivity index (χ1) is 9.04. The second kappa shape index (κ2) is 8.60. The summed E-state index contributed by atoms with van der Waals surface area (Å²) in [5.41, 5.74) is 0.614. The molecule has 0 spiro atoms. The van der Waals surface area contributed by atoms with Crippen molar-refractivity contribution in [3.05, 3.63) is 26.6 Å². The molecule has 1 aromatic carbocycles. The number of unbranched alkanes of at least 4 members (excludes halogenated alkanes) is 2. The van der Waals surface area contributed by atoms with E-state index in [0.717, 1.165) is 27.0 Å². The van der Waals surface area contributed by atoms with Gasteiger partial charge in [0.15, 0.2) is 0 Å². The molecule has 0 unspecified atom stereocenters. The normalized spacial score (nSPS) is 10.5. The van der Waals surface area contributed by atoms with Crippen molar-refractivity contribution in [1.29, 1.82) is 5.26 Å². The molecule has 0 radical (unpaired) electrons. The van der Waals surface area contributed by atoms with Crippen molar-refractivity contribution >= 4 is 31.9 Å². The van der Waals surface area contributed by atoms with Crippen molar-refractivity contribution in [3.63, 3.8) is 0 Å². The Bertz CT molecular complexity index is 429. The molecule has 0 heterocycles. The standard InChI is InChI=1S/C15H19Br2NO/c1-11(2)6-4-3-5-7-19-15-13(16)8-12(10-18)9-14(15)17/h8-9,11H,3-7H2,1-2H3. The molecule has 104 valence electrons. The van der Waals surface area contributed by atoms with Gasteiger partial charge in [0.05, 0.1) is 27.2 Å². The second-order valence-corrected chi connectivity index (χ2v) is 6.68. The Labute approximate surface area is 132 Å². The molecule has 2 nitrogen and oxygen atoms in total. The maximum absolute atomic E-state index is 8.86. The first kappa shape index (κ1) is 16.5. The quantitative estimate of drug-likeness (QED) is 0.563. The van der Waals surface area contributed by atoms with Gasteiger partial charge in [0.2, 0.25) is 0 Å². The van der Waals surface area contributed by atoms with E-state index in [1.165, 1.54) is 19.3 Å². The van der Waals surface area contributed by atoms with Gasteiger partial charge >= 0.3 is 0 Å². The molecular weight excluding hydrogens is 370 g/mol. The van der Waals surface area contributed by atoms with Crippen LogP contribution in [0.3, 0.4) is 0 Å². The number of benzene rings is 1. The summed E-state index contributed by atoms with van der Waals surface area (Å²) >= 11 is 6.87. The van der Waals surface area contributed by atoms with Crippen LogP contribution >= 0.6 is 31.9 Å². The first-order valence-electron chi connectivity index (χ1n) is 6.56.